The van der Waals surface area contributed by atoms with E-state index >= 15 is 0 Å². The molecule has 2 aromatic rings. The number of amides is 2. The van der Waals surface area contributed by atoms with Crippen molar-refractivity contribution in [2.24, 2.45) is 10.9 Å². The summed E-state index contributed by atoms with van der Waals surface area (Å²) < 4.78 is 81.2. The molecule has 2 amide bonds. The van der Waals surface area contributed by atoms with Crippen molar-refractivity contribution in [3.05, 3.63) is 69.2 Å². The van der Waals surface area contributed by atoms with Crippen LogP contribution in [0.15, 0.2) is 47.5 Å². The number of carbonyl (C=O) groups excluding carboxylic acids is 2. The third kappa shape index (κ3) is 8.87. The monoisotopic (exact) mass is 667 g/mol. The van der Waals surface area contributed by atoms with Crippen LogP contribution < -0.4 is 5.32 Å². The van der Waals surface area contributed by atoms with Crippen LogP contribution in [-0.4, -0.2) is 58.1 Å². The van der Waals surface area contributed by atoms with Crippen LogP contribution in [0.1, 0.15) is 73.5 Å². The molecule has 7 nitrogen and oxygen atoms in total. The molecule has 0 radical (unpaired) electrons. The fraction of sp³-hybridized carbons (Fsp3) is 0.448. The quantitative estimate of drug-likeness (QED) is 0.228. The van der Waals surface area contributed by atoms with Crippen molar-refractivity contribution in [1.29, 1.82) is 0 Å². The molecular formula is C29H29Cl2F6N3O4. The molecular weight excluding hydrogens is 639 g/mol. The van der Waals surface area contributed by atoms with Crippen LogP contribution >= 0.6 is 23.2 Å². The van der Waals surface area contributed by atoms with Crippen LogP contribution in [0, 0.1) is 5.92 Å². The Labute approximate surface area is 259 Å². The van der Waals surface area contributed by atoms with E-state index in [-0.39, 0.29) is 46.3 Å². The van der Waals surface area contributed by atoms with Crippen molar-refractivity contribution in [1.82, 2.24) is 10.2 Å². The van der Waals surface area contributed by atoms with Gasteiger partial charge in [0.25, 0.3) is 11.8 Å². The lowest BCUT2D eigenvalue weighted by Crippen LogP contribution is -2.49. The van der Waals surface area contributed by atoms with Gasteiger partial charge < -0.3 is 15.3 Å². The highest BCUT2D eigenvalue weighted by Crippen LogP contribution is 2.46. The van der Waals surface area contributed by atoms with Crippen LogP contribution in [-0.2, 0) is 9.59 Å². The van der Waals surface area contributed by atoms with Crippen LogP contribution in [0.2, 0.25) is 10.0 Å². The summed E-state index contributed by atoms with van der Waals surface area (Å²) in [5, 5.41) is 11.5. The molecule has 2 aromatic carbocycles. The van der Waals surface area contributed by atoms with E-state index in [9.17, 15) is 40.7 Å². The summed E-state index contributed by atoms with van der Waals surface area (Å²) in [5.74, 6) is -4.87. The first kappa shape index (κ1) is 35.2. The number of carboxylic acid groups (broad SMARTS) is 1. The predicted molar refractivity (Wildman–Crippen MR) is 152 cm³/mol. The molecule has 1 aliphatic heterocycles. The molecule has 2 N–H and O–H groups in total. The van der Waals surface area contributed by atoms with Crippen molar-refractivity contribution in [3.63, 3.8) is 0 Å². The van der Waals surface area contributed by atoms with Gasteiger partial charge in [0, 0.05) is 40.6 Å². The Bertz CT molecular complexity index is 1400. The molecule has 15 heteroatoms. The third-order valence-corrected chi connectivity index (χ3v) is 7.62. The minimum atomic E-state index is -5.02. The first-order valence-corrected chi connectivity index (χ1v) is 14.2. The Hall–Kier alpha value is -3.32. The molecule has 3 atom stereocenters. The summed E-state index contributed by atoms with van der Waals surface area (Å²) in [7, 11) is 0. The average Bonchev–Trinajstić information content (AvgIpc) is 3.16. The first-order valence-electron chi connectivity index (χ1n) is 13.5. The van der Waals surface area contributed by atoms with Crippen molar-refractivity contribution < 1.29 is 45.8 Å². The van der Waals surface area contributed by atoms with Gasteiger partial charge in [-0.15, -0.1) is 0 Å². The van der Waals surface area contributed by atoms with Gasteiger partial charge in [-0.2, -0.15) is 26.3 Å². The molecule has 3 rings (SSSR count). The number of benzene rings is 2. The molecule has 240 valence electrons. The van der Waals surface area contributed by atoms with Gasteiger partial charge in [0.1, 0.15) is 11.4 Å². The van der Waals surface area contributed by atoms with E-state index in [0.29, 0.717) is 5.56 Å². The zero-order valence-electron chi connectivity index (χ0n) is 23.5. The Balaban J connectivity index is 2.04. The molecule has 0 aromatic heterocycles. The summed E-state index contributed by atoms with van der Waals surface area (Å²) in [6.45, 7) is 2.82. The molecule has 0 saturated carbocycles. The number of nitrogens with zero attached hydrogens (tertiary/aromatic N) is 2. The number of alkyl halides is 6. The molecule has 0 saturated heterocycles. The van der Waals surface area contributed by atoms with Gasteiger partial charge >= 0.3 is 18.3 Å². The summed E-state index contributed by atoms with van der Waals surface area (Å²) >= 11 is 12.2. The molecule has 0 aliphatic carbocycles. The SMILES string of the molecule is CC[C@H](c1ccc(C(=O)NCCC(=O)O)cc1)N1C(=O)C(c2cc(Cl)cc(Cl)c2)=NC1(C)CC(CCC(F)(F)F)C(F)(F)F. The van der Waals surface area contributed by atoms with Crippen LogP contribution in [0.3, 0.4) is 0 Å². The normalized spacial score (nSPS) is 18.6. The van der Waals surface area contributed by atoms with Crippen molar-refractivity contribution >= 4 is 46.7 Å². The van der Waals surface area contributed by atoms with E-state index in [1.54, 1.807) is 6.92 Å². The van der Waals surface area contributed by atoms with Gasteiger partial charge in [0.2, 0.25) is 0 Å². The van der Waals surface area contributed by atoms with E-state index in [0.717, 1.165) is 4.90 Å². The van der Waals surface area contributed by atoms with Gasteiger partial charge in [-0.1, -0.05) is 42.3 Å². The average molecular weight is 668 g/mol. The van der Waals surface area contributed by atoms with Gasteiger partial charge in [-0.25, -0.2) is 0 Å². The van der Waals surface area contributed by atoms with E-state index in [1.807, 2.05) is 0 Å². The largest absolute Gasteiger partial charge is 0.481 e. The zero-order chi connectivity index (χ0) is 33.0. The predicted octanol–water partition coefficient (Wildman–Crippen LogP) is 7.61. The topological polar surface area (TPSA) is 99.1 Å². The number of rotatable bonds is 12. The van der Waals surface area contributed by atoms with Crippen molar-refractivity contribution in [2.75, 3.05) is 6.54 Å². The van der Waals surface area contributed by atoms with Crippen molar-refractivity contribution in [3.8, 4) is 0 Å². The summed E-state index contributed by atoms with van der Waals surface area (Å²) in [5.41, 5.74) is -1.46. The van der Waals surface area contributed by atoms with Gasteiger partial charge in [0.05, 0.1) is 18.4 Å². The van der Waals surface area contributed by atoms with Gasteiger partial charge in [-0.3, -0.25) is 19.4 Å². The van der Waals surface area contributed by atoms with E-state index in [1.165, 1.54) is 49.4 Å². The minimum Gasteiger partial charge on any atom is -0.481 e. The Morgan fingerprint density at radius 2 is 1.64 bits per heavy atom. The number of aliphatic carboxylic acids is 1. The van der Waals surface area contributed by atoms with Gasteiger partial charge in [0.15, 0.2) is 0 Å². The fourth-order valence-electron chi connectivity index (χ4n) is 5.17. The maximum atomic E-state index is 14.1. The Morgan fingerprint density at radius 1 is 1.05 bits per heavy atom. The molecule has 2 unspecified atom stereocenters. The van der Waals surface area contributed by atoms with E-state index in [2.05, 4.69) is 10.3 Å². The lowest BCUT2D eigenvalue weighted by Gasteiger charge is -2.41. The second kappa shape index (κ2) is 13.8. The number of carbonyl (C=O) groups is 3. The summed E-state index contributed by atoms with van der Waals surface area (Å²) in [6, 6.07) is 9.01. The maximum Gasteiger partial charge on any atom is 0.391 e. The molecule has 1 aliphatic rings. The molecule has 0 spiro atoms. The Kier molecular flexibility index (Phi) is 11.0. The highest BCUT2D eigenvalue weighted by molar-refractivity contribution is 6.47. The number of nitrogens with one attached hydrogen (secondary N) is 1. The number of halogens is 8. The highest BCUT2D eigenvalue weighted by Gasteiger charge is 2.53. The highest BCUT2D eigenvalue weighted by atomic mass is 35.5. The number of carboxylic acids is 1. The standard InChI is InChI=1S/C29H29Cl2F6N3O4/c1-3-22(16-4-6-17(7-5-16)25(43)38-11-9-23(41)42)40-26(44)24(18-12-20(30)14-21(31)13-18)39-27(40,2)15-19(29(35,36)37)8-10-28(32,33)34/h4-7,12-14,19,22H,3,8-11,15H2,1-2H3,(H,38,43)(H,41,42)/t19?,22-,27?/m1/s1. The lowest BCUT2D eigenvalue weighted by atomic mass is 9.88. The molecule has 0 fully saturated rings. The number of hydrogen-bond donors (Lipinski definition) is 2. The fourth-order valence-corrected chi connectivity index (χ4v) is 5.70. The first-order chi connectivity index (χ1) is 20.3. The second-order valence-electron chi connectivity index (χ2n) is 10.6. The van der Waals surface area contributed by atoms with Crippen LogP contribution in [0.5, 0.6) is 0 Å². The Morgan fingerprint density at radius 3 is 2.14 bits per heavy atom. The third-order valence-electron chi connectivity index (χ3n) is 7.18. The summed E-state index contributed by atoms with van der Waals surface area (Å²) in [4.78, 5) is 42.6. The maximum absolute atomic E-state index is 14.1. The van der Waals surface area contributed by atoms with E-state index < -0.39 is 67.0 Å². The van der Waals surface area contributed by atoms with Gasteiger partial charge in [-0.05, 0) is 55.7 Å². The van der Waals surface area contributed by atoms with Crippen molar-refractivity contribution in [2.45, 2.75) is 70.0 Å². The molecule has 44 heavy (non-hydrogen) atoms. The lowest BCUT2D eigenvalue weighted by molar-refractivity contribution is -0.198. The second-order valence-corrected chi connectivity index (χ2v) is 11.4. The van der Waals surface area contributed by atoms with E-state index in [4.69, 9.17) is 28.3 Å². The smallest absolute Gasteiger partial charge is 0.391 e. The number of hydrogen-bond acceptors (Lipinski definition) is 4. The van der Waals surface area contributed by atoms with Crippen LogP contribution in [0.4, 0.5) is 26.3 Å². The summed E-state index contributed by atoms with van der Waals surface area (Å²) in [6.07, 6.45) is -13.8. The zero-order valence-corrected chi connectivity index (χ0v) is 25.0. The molecule has 1 heterocycles. The number of aliphatic imine (C=N–C) groups is 1. The van der Waals surface area contributed by atoms with Crippen LogP contribution in [0.25, 0.3) is 0 Å². The minimum absolute atomic E-state index is 0.115. The molecule has 0 bridgehead atoms.